The van der Waals surface area contributed by atoms with Gasteiger partial charge < -0.3 is 15.4 Å². The van der Waals surface area contributed by atoms with Crippen molar-refractivity contribution in [3.05, 3.63) is 35.9 Å². The van der Waals surface area contributed by atoms with E-state index in [1.54, 1.807) is 4.90 Å². The topological polar surface area (TPSA) is 58.8 Å². The summed E-state index contributed by atoms with van der Waals surface area (Å²) in [6, 6.07) is 10.1. The standard InChI is InChI=1S/C15H23N3O2/c1-13-11-18(10-9-17(13)8-7-16)15(19)20-12-14-5-3-2-4-6-14/h2-6,13H,7-12,16H2,1H3/t13-/m0/s1. The largest absolute Gasteiger partial charge is 0.445 e. The highest BCUT2D eigenvalue weighted by Gasteiger charge is 2.26. The van der Waals surface area contributed by atoms with Gasteiger partial charge in [-0.25, -0.2) is 4.79 Å². The van der Waals surface area contributed by atoms with Crippen LogP contribution in [0.25, 0.3) is 0 Å². The van der Waals surface area contributed by atoms with Gasteiger partial charge in [0.05, 0.1) is 0 Å². The first-order valence-corrected chi connectivity index (χ1v) is 7.10. The highest BCUT2D eigenvalue weighted by molar-refractivity contribution is 5.67. The van der Waals surface area contributed by atoms with E-state index >= 15 is 0 Å². The molecule has 1 fully saturated rings. The molecule has 110 valence electrons. The van der Waals surface area contributed by atoms with Gasteiger partial charge >= 0.3 is 6.09 Å². The number of nitrogens with two attached hydrogens (primary N) is 1. The van der Waals surface area contributed by atoms with Gasteiger partial charge in [0.1, 0.15) is 6.61 Å². The Labute approximate surface area is 120 Å². The molecule has 2 N–H and O–H groups in total. The summed E-state index contributed by atoms with van der Waals surface area (Å²) in [5.41, 5.74) is 6.59. The van der Waals surface area contributed by atoms with Crippen LogP contribution in [0.15, 0.2) is 30.3 Å². The third-order valence-electron chi connectivity index (χ3n) is 3.64. The molecule has 0 spiro atoms. The molecule has 1 aliphatic heterocycles. The maximum absolute atomic E-state index is 12.0. The van der Waals surface area contributed by atoms with Crippen LogP contribution < -0.4 is 5.73 Å². The van der Waals surface area contributed by atoms with E-state index in [4.69, 9.17) is 10.5 Å². The summed E-state index contributed by atoms with van der Waals surface area (Å²) in [6.07, 6.45) is -0.229. The number of benzene rings is 1. The molecular weight excluding hydrogens is 254 g/mol. The first-order valence-electron chi connectivity index (χ1n) is 7.10. The third kappa shape index (κ3) is 3.95. The number of hydrogen-bond donors (Lipinski definition) is 1. The molecule has 2 rings (SSSR count). The van der Waals surface area contributed by atoms with Crippen molar-refractivity contribution in [3.8, 4) is 0 Å². The monoisotopic (exact) mass is 277 g/mol. The van der Waals surface area contributed by atoms with Gasteiger partial charge in [0, 0.05) is 38.8 Å². The highest BCUT2D eigenvalue weighted by Crippen LogP contribution is 2.11. The van der Waals surface area contributed by atoms with E-state index in [9.17, 15) is 4.79 Å². The van der Waals surface area contributed by atoms with E-state index in [1.807, 2.05) is 30.3 Å². The van der Waals surface area contributed by atoms with Crippen molar-refractivity contribution in [2.45, 2.75) is 19.6 Å². The van der Waals surface area contributed by atoms with Gasteiger partial charge in [0.15, 0.2) is 0 Å². The average molecular weight is 277 g/mol. The minimum absolute atomic E-state index is 0.229. The maximum atomic E-state index is 12.0. The zero-order valence-electron chi connectivity index (χ0n) is 12.0. The van der Waals surface area contributed by atoms with Gasteiger partial charge in [0.2, 0.25) is 0 Å². The molecule has 0 aliphatic carbocycles. The van der Waals surface area contributed by atoms with E-state index in [2.05, 4.69) is 11.8 Å². The third-order valence-corrected chi connectivity index (χ3v) is 3.64. The minimum Gasteiger partial charge on any atom is -0.445 e. The van der Waals surface area contributed by atoms with Gasteiger partial charge in [-0.1, -0.05) is 30.3 Å². The summed E-state index contributed by atoms with van der Waals surface area (Å²) < 4.78 is 5.35. The van der Waals surface area contributed by atoms with Crippen molar-refractivity contribution in [2.75, 3.05) is 32.7 Å². The van der Waals surface area contributed by atoms with E-state index in [0.717, 1.165) is 18.7 Å². The average Bonchev–Trinajstić information content (AvgIpc) is 2.48. The van der Waals surface area contributed by atoms with Crippen LogP contribution in [0.5, 0.6) is 0 Å². The molecule has 0 bridgehead atoms. The van der Waals surface area contributed by atoms with E-state index in [0.29, 0.717) is 32.3 Å². The second-order valence-corrected chi connectivity index (χ2v) is 5.16. The van der Waals surface area contributed by atoms with Crippen LogP contribution in [-0.4, -0.2) is 54.7 Å². The number of carbonyl (C=O) groups excluding carboxylic acids is 1. The molecule has 0 saturated carbocycles. The van der Waals surface area contributed by atoms with Crippen molar-refractivity contribution >= 4 is 6.09 Å². The number of ether oxygens (including phenoxy) is 1. The van der Waals surface area contributed by atoms with Crippen LogP contribution >= 0.6 is 0 Å². The van der Waals surface area contributed by atoms with Crippen LogP contribution in [0, 0.1) is 0 Å². The molecule has 1 saturated heterocycles. The molecule has 0 aromatic heterocycles. The molecule has 1 aliphatic rings. The molecule has 1 aromatic carbocycles. The number of nitrogens with zero attached hydrogens (tertiary/aromatic N) is 2. The fraction of sp³-hybridized carbons (Fsp3) is 0.533. The zero-order chi connectivity index (χ0) is 14.4. The van der Waals surface area contributed by atoms with Gasteiger partial charge in [-0.2, -0.15) is 0 Å². The Morgan fingerprint density at radius 1 is 1.35 bits per heavy atom. The molecule has 1 aromatic rings. The van der Waals surface area contributed by atoms with Gasteiger partial charge in [-0.05, 0) is 12.5 Å². The molecule has 0 unspecified atom stereocenters. The lowest BCUT2D eigenvalue weighted by atomic mass is 10.2. The predicted molar refractivity (Wildman–Crippen MR) is 78.3 cm³/mol. The Morgan fingerprint density at radius 3 is 2.75 bits per heavy atom. The fourth-order valence-corrected chi connectivity index (χ4v) is 2.47. The summed E-state index contributed by atoms with van der Waals surface area (Å²) >= 11 is 0. The van der Waals surface area contributed by atoms with Gasteiger partial charge in [0.25, 0.3) is 0 Å². The Bertz CT molecular complexity index is 424. The fourth-order valence-electron chi connectivity index (χ4n) is 2.47. The molecule has 1 heterocycles. The van der Waals surface area contributed by atoms with Crippen LogP contribution in [-0.2, 0) is 11.3 Å². The van der Waals surface area contributed by atoms with Crippen LogP contribution in [0.4, 0.5) is 4.79 Å². The molecule has 0 radical (unpaired) electrons. The summed E-state index contributed by atoms with van der Waals surface area (Å²) in [5.74, 6) is 0. The second kappa shape index (κ2) is 7.26. The summed E-state index contributed by atoms with van der Waals surface area (Å²) in [4.78, 5) is 16.1. The number of hydrogen-bond acceptors (Lipinski definition) is 4. The zero-order valence-corrected chi connectivity index (χ0v) is 12.0. The molecule has 20 heavy (non-hydrogen) atoms. The molecule has 5 heteroatoms. The Hall–Kier alpha value is -1.59. The number of rotatable bonds is 4. The molecular formula is C15H23N3O2. The lowest BCUT2D eigenvalue weighted by Gasteiger charge is -2.39. The smallest absolute Gasteiger partial charge is 0.410 e. The van der Waals surface area contributed by atoms with E-state index in [1.165, 1.54) is 0 Å². The first kappa shape index (κ1) is 14.8. The quantitative estimate of drug-likeness (QED) is 0.901. The second-order valence-electron chi connectivity index (χ2n) is 5.16. The van der Waals surface area contributed by atoms with Crippen molar-refractivity contribution in [2.24, 2.45) is 5.73 Å². The van der Waals surface area contributed by atoms with Crippen LogP contribution in [0.2, 0.25) is 0 Å². The van der Waals surface area contributed by atoms with Crippen molar-refractivity contribution in [1.82, 2.24) is 9.80 Å². The van der Waals surface area contributed by atoms with E-state index in [-0.39, 0.29) is 6.09 Å². The number of carbonyl (C=O) groups is 1. The minimum atomic E-state index is -0.229. The van der Waals surface area contributed by atoms with Crippen molar-refractivity contribution in [3.63, 3.8) is 0 Å². The normalized spacial score (nSPS) is 19.9. The van der Waals surface area contributed by atoms with Crippen molar-refractivity contribution in [1.29, 1.82) is 0 Å². The Morgan fingerprint density at radius 2 is 2.10 bits per heavy atom. The Kier molecular flexibility index (Phi) is 5.38. The lowest BCUT2D eigenvalue weighted by Crippen LogP contribution is -2.54. The van der Waals surface area contributed by atoms with E-state index < -0.39 is 0 Å². The summed E-state index contributed by atoms with van der Waals surface area (Å²) in [7, 11) is 0. The van der Waals surface area contributed by atoms with Gasteiger partial charge in [-0.15, -0.1) is 0 Å². The van der Waals surface area contributed by atoms with Gasteiger partial charge in [-0.3, -0.25) is 4.90 Å². The summed E-state index contributed by atoms with van der Waals surface area (Å²) in [6.45, 7) is 6.25. The lowest BCUT2D eigenvalue weighted by molar-refractivity contribution is 0.0529. The maximum Gasteiger partial charge on any atom is 0.410 e. The number of amides is 1. The highest BCUT2D eigenvalue weighted by atomic mass is 16.6. The first-order chi connectivity index (χ1) is 9.70. The van der Waals surface area contributed by atoms with Crippen molar-refractivity contribution < 1.29 is 9.53 Å². The molecule has 1 amide bonds. The van der Waals surface area contributed by atoms with Crippen LogP contribution in [0.1, 0.15) is 12.5 Å². The SMILES string of the molecule is C[C@H]1CN(C(=O)OCc2ccccc2)CCN1CCN. The van der Waals surface area contributed by atoms with Crippen LogP contribution in [0.3, 0.4) is 0 Å². The Balaban J connectivity index is 1.79. The summed E-state index contributed by atoms with van der Waals surface area (Å²) in [5, 5.41) is 0. The molecule has 5 nitrogen and oxygen atoms in total. The molecule has 1 atom stereocenters. The predicted octanol–water partition coefficient (Wildman–Crippen LogP) is 1.29. The number of piperazine rings is 1.